The summed E-state index contributed by atoms with van der Waals surface area (Å²) in [5.41, 5.74) is 2.43. The highest BCUT2D eigenvalue weighted by Crippen LogP contribution is 2.26. The number of anilines is 3. The fourth-order valence-corrected chi connectivity index (χ4v) is 3.91. The number of morpholine rings is 1. The number of halogens is 1. The number of aromatic nitrogens is 1. The minimum absolute atomic E-state index is 0.0416. The number of aryl methyl sites for hydroxylation is 1. The highest BCUT2D eigenvalue weighted by atomic mass is 19.1. The molecule has 29 heavy (non-hydrogen) atoms. The molecule has 1 aromatic carbocycles. The molecule has 1 aromatic heterocycles. The van der Waals surface area contributed by atoms with Crippen LogP contribution in [-0.4, -0.2) is 50.3 Å². The zero-order chi connectivity index (χ0) is 20.2. The molecule has 2 aromatic rings. The largest absolute Gasteiger partial charge is 0.378 e. The summed E-state index contributed by atoms with van der Waals surface area (Å²) in [4.78, 5) is 21.5. The van der Waals surface area contributed by atoms with E-state index in [4.69, 9.17) is 4.74 Å². The van der Waals surface area contributed by atoms with Crippen LogP contribution in [-0.2, 0) is 9.53 Å². The van der Waals surface area contributed by atoms with Crippen molar-refractivity contribution in [3.63, 3.8) is 0 Å². The number of piperidine rings is 1. The number of carbonyl (C=O) groups is 1. The van der Waals surface area contributed by atoms with Crippen molar-refractivity contribution >= 4 is 23.1 Å². The van der Waals surface area contributed by atoms with Gasteiger partial charge >= 0.3 is 0 Å². The van der Waals surface area contributed by atoms with Gasteiger partial charge in [-0.1, -0.05) is 6.07 Å². The van der Waals surface area contributed by atoms with E-state index in [0.717, 1.165) is 56.1 Å². The molecular formula is C22H27FN4O2. The van der Waals surface area contributed by atoms with Crippen LogP contribution in [0.1, 0.15) is 18.4 Å². The van der Waals surface area contributed by atoms with Crippen molar-refractivity contribution < 1.29 is 13.9 Å². The minimum atomic E-state index is -0.343. The summed E-state index contributed by atoms with van der Waals surface area (Å²) < 4.78 is 19.5. The first-order valence-corrected chi connectivity index (χ1v) is 10.2. The van der Waals surface area contributed by atoms with Crippen LogP contribution < -0.4 is 15.1 Å². The second-order valence-corrected chi connectivity index (χ2v) is 7.74. The van der Waals surface area contributed by atoms with Crippen molar-refractivity contribution in [2.75, 3.05) is 54.5 Å². The second-order valence-electron chi connectivity index (χ2n) is 7.74. The van der Waals surface area contributed by atoms with Crippen molar-refractivity contribution in [2.24, 2.45) is 5.92 Å². The first-order valence-electron chi connectivity index (χ1n) is 10.2. The Labute approximate surface area is 170 Å². The van der Waals surface area contributed by atoms with Gasteiger partial charge < -0.3 is 19.9 Å². The van der Waals surface area contributed by atoms with Gasteiger partial charge in [0.15, 0.2) is 0 Å². The molecule has 1 N–H and O–H groups in total. The van der Waals surface area contributed by atoms with Gasteiger partial charge in [-0.25, -0.2) is 9.37 Å². The molecule has 7 heteroatoms. The Morgan fingerprint density at radius 2 is 1.86 bits per heavy atom. The van der Waals surface area contributed by atoms with Gasteiger partial charge in [0.2, 0.25) is 5.91 Å². The molecule has 4 rings (SSSR count). The van der Waals surface area contributed by atoms with E-state index in [-0.39, 0.29) is 17.6 Å². The lowest BCUT2D eigenvalue weighted by atomic mass is 9.95. The molecule has 0 spiro atoms. The summed E-state index contributed by atoms with van der Waals surface area (Å²) >= 11 is 0. The third-order valence-electron chi connectivity index (χ3n) is 5.61. The van der Waals surface area contributed by atoms with E-state index in [1.807, 2.05) is 25.3 Å². The maximum atomic E-state index is 14.1. The maximum Gasteiger partial charge on any atom is 0.227 e. The smallest absolute Gasteiger partial charge is 0.227 e. The molecule has 0 bridgehead atoms. The number of amides is 1. The zero-order valence-electron chi connectivity index (χ0n) is 16.7. The van der Waals surface area contributed by atoms with E-state index in [9.17, 15) is 9.18 Å². The van der Waals surface area contributed by atoms with Crippen LogP contribution in [0.4, 0.5) is 21.6 Å². The first-order chi connectivity index (χ1) is 14.1. The van der Waals surface area contributed by atoms with Crippen LogP contribution in [0.3, 0.4) is 0 Å². The van der Waals surface area contributed by atoms with Crippen molar-refractivity contribution in [1.82, 2.24) is 4.98 Å². The van der Waals surface area contributed by atoms with Crippen LogP contribution in [0.5, 0.6) is 0 Å². The molecule has 0 saturated carbocycles. The van der Waals surface area contributed by atoms with Crippen LogP contribution in [0.25, 0.3) is 0 Å². The summed E-state index contributed by atoms with van der Waals surface area (Å²) in [6, 6.07) is 8.81. The van der Waals surface area contributed by atoms with Gasteiger partial charge in [-0.15, -0.1) is 0 Å². The molecule has 0 aliphatic carbocycles. The lowest BCUT2D eigenvalue weighted by Gasteiger charge is -2.32. The Hall–Kier alpha value is -2.67. The number of hydrogen-bond acceptors (Lipinski definition) is 5. The quantitative estimate of drug-likeness (QED) is 0.857. The zero-order valence-corrected chi connectivity index (χ0v) is 16.7. The predicted molar refractivity (Wildman–Crippen MR) is 112 cm³/mol. The van der Waals surface area contributed by atoms with Gasteiger partial charge in [-0.05, 0) is 49.6 Å². The molecule has 0 radical (unpaired) electrons. The normalized spacial score (nSPS) is 18.0. The van der Waals surface area contributed by atoms with Crippen molar-refractivity contribution in [1.29, 1.82) is 0 Å². The summed E-state index contributed by atoms with van der Waals surface area (Å²) in [5.74, 6) is 0.492. The van der Waals surface area contributed by atoms with E-state index >= 15 is 0 Å². The molecule has 2 aliphatic heterocycles. The average Bonchev–Trinajstić information content (AvgIpc) is 2.74. The van der Waals surface area contributed by atoms with Crippen LogP contribution in [0, 0.1) is 18.7 Å². The third kappa shape index (κ3) is 4.85. The van der Waals surface area contributed by atoms with E-state index in [2.05, 4.69) is 26.2 Å². The van der Waals surface area contributed by atoms with Gasteiger partial charge in [-0.3, -0.25) is 4.79 Å². The average molecular weight is 398 g/mol. The summed E-state index contributed by atoms with van der Waals surface area (Å²) in [5, 5.41) is 2.92. The molecule has 2 fully saturated rings. The van der Waals surface area contributed by atoms with Gasteiger partial charge in [0.25, 0.3) is 0 Å². The molecular weight excluding hydrogens is 371 g/mol. The highest BCUT2D eigenvalue weighted by molar-refractivity contribution is 5.93. The SMILES string of the molecule is Cc1ccc(N2CCC(C(=O)Nc3cc(F)cc(N4CCOCC4)c3)CC2)nc1. The molecule has 2 aliphatic rings. The fraction of sp³-hybridized carbons (Fsp3) is 0.455. The van der Waals surface area contributed by atoms with Crippen molar-refractivity contribution in [3.05, 3.63) is 47.9 Å². The van der Waals surface area contributed by atoms with Crippen LogP contribution >= 0.6 is 0 Å². The van der Waals surface area contributed by atoms with Gasteiger partial charge in [0, 0.05) is 49.7 Å². The second kappa shape index (κ2) is 8.78. The molecule has 3 heterocycles. The number of carbonyl (C=O) groups excluding carboxylic acids is 1. The number of benzene rings is 1. The van der Waals surface area contributed by atoms with E-state index < -0.39 is 0 Å². The minimum Gasteiger partial charge on any atom is -0.378 e. The van der Waals surface area contributed by atoms with E-state index in [0.29, 0.717) is 18.9 Å². The number of nitrogens with one attached hydrogen (secondary N) is 1. The Kier molecular flexibility index (Phi) is 5.94. The Bertz CT molecular complexity index is 844. The van der Waals surface area contributed by atoms with Gasteiger partial charge in [-0.2, -0.15) is 0 Å². The maximum absolute atomic E-state index is 14.1. The number of pyridine rings is 1. The molecule has 1 amide bonds. The monoisotopic (exact) mass is 398 g/mol. The van der Waals surface area contributed by atoms with Gasteiger partial charge in [0.1, 0.15) is 11.6 Å². The Morgan fingerprint density at radius 3 is 2.55 bits per heavy atom. The topological polar surface area (TPSA) is 57.7 Å². The number of nitrogens with zero attached hydrogens (tertiary/aromatic N) is 3. The van der Waals surface area contributed by atoms with Gasteiger partial charge in [0.05, 0.1) is 13.2 Å². The molecule has 154 valence electrons. The highest BCUT2D eigenvalue weighted by Gasteiger charge is 2.26. The van der Waals surface area contributed by atoms with Crippen molar-refractivity contribution in [2.45, 2.75) is 19.8 Å². The standard InChI is InChI=1S/C22H27FN4O2/c1-16-2-3-21(24-15-16)27-6-4-17(5-7-27)22(28)25-19-12-18(23)13-20(14-19)26-8-10-29-11-9-26/h2-3,12-15,17H,4-11H2,1H3,(H,25,28). The summed E-state index contributed by atoms with van der Waals surface area (Å²) in [6.45, 7) is 6.31. The molecule has 6 nitrogen and oxygen atoms in total. The summed E-state index contributed by atoms with van der Waals surface area (Å²) in [6.07, 6.45) is 3.38. The van der Waals surface area contributed by atoms with E-state index in [1.54, 1.807) is 0 Å². The lowest BCUT2D eigenvalue weighted by molar-refractivity contribution is -0.120. The molecule has 2 saturated heterocycles. The summed E-state index contributed by atoms with van der Waals surface area (Å²) in [7, 11) is 0. The van der Waals surface area contributed by atoms with E-state index in [1.165, 1.54) is 12.1 Å². The predicted octanol–water partition coefficient (Wildman–Crippen LogP) is 3.22. The van der Waals surface area contributed by atoms with Crippen LogP contribution in [0.2, 0.25) is 0 Å². The third-order valence-corrected chi connectivity index (χ3v) is 5.61. The molecule has 0 atom stereocenters. The first kappa shape index (κ1) is 19.6. The lowest BCUT2D eigenvalue weighted by Crippen LogP contribution is -2.38. The number of hydrogen-bond donors (Lipinski definition) is 1. The molecule has 0 unspecified atom stereocenters. The fourth-order valence-electron chi connectivity index (χ4n) is 3.91. The Morgan fingerprint density at radius 1 is 1.10 bits per heavy atom. The Balaban J connectivity index is 1.36. The number of ether oxygens (including phenoxy) is 1. The number of rotatable bonds is 4. The van der Waals surface area contributed by atoms with Crippen molar-refractivity contribution in [3.8, 4) is 0 Å². The van der Waals surface area contributed by atoms with Crippen LogP contribution in [0.15, 0.2) is 36.5 Å².